The predicted molar refractivity (Wildman–Crippen MR) is 65.3 cm³/mol. The third-order valence-corrected chi connectivity index (χ3v) is 2.01. The van der Waals surface area contributed by atoms with Crippen LogP contribution in [0.2, 0.25) is 0 Å². The summed E-state index contributed by atoms with van der Waals surface area (Å²) in [4.78, 5) is 22.1. The minimum atomic E-state index is -1.82. The van der Waals surface area contributed by atoms with E-state index in [0.29, 0.717) is 22.8 Å². The molecule has 2 aromatic heterocycles. The van der Waals surface area contributed by atoms with Gasteiger partial charge in [-0.25, -0.2) is 14.6 Å². The highest BCUT2D eigenvalue weighted by Gasteiger charge is 2.09. The lowest BCUT2D eigenvalue weighted by molar-refractivity contribution is -0.159. The van der Waals surface area contributed by atoms with Crippen molar-refractivity contribution in [3.8, 4) is 11.3 Å². The Bertz CT molecular complexity index is 598. The molecule has 0 bridgehead atoms. The van der Waals surface area contributed by atoms with Gasteiger partial charge in [0.05, 0.1) is 12.2 Å². The van der Waals surface area contributed by atoms with Crippen LogP contribution >= 0.6 is 0 Å². The van der Waals surface area contributed by atoms with E-state index in [1.807, 2.05) is 0 Å². The van der Waals surface area contributed by atoms with E-state index in [4.69, 9.17) is 35.2 Å². The fraction of sp³-hybridized carbons (Fsp3) is 0.0909. The largest absolute Gasteiger partial charge is 0.473 e. The molecule has 0 aromatic carbocycles. The van der Waals surface area contributed by atoms with E-state index in [2.05, 4.69) is 10.1 Å². The Hall–Kier alpha value is -2.94. The molecule has 106 valence electrons. The molecule has 0 aliphatic heterocycles. The summed E-state index contributed by atoms with van der Waals surface area (Å²) >= 11 is 0. The highest BCUT2D eigenvalue weighted by atomic mass is 16.5. The zero-order valence-electron chi connectivity index (χ0n) is 10.1. The molecule has 0 fully saturated rings. The standard InChI is InChI=1S/C9H9N3O2.C2H2O4/c10-9-7(2-1-3-11-9)8-4-6(5-13)12-14-8;3-1(4)2(5)6/h1-4,13H,5H2,(H2,10,11);(H,3,4)(H,5,6). The van der Waals surface area contributed by atoms with Crippen molar-refractivity contribution in [1.82, 2.24) is 10.1 Å². The highest BCUT2D eigenvalue weighted by Crippen LogP contribution is 2.24. The number of aliphatic hydroxyl groups is 1. The molecule has 0 atom stereocenters. The molecule has 0 aliphatic rings. The van der Waals surface area contributed by atoms with Crippen LogP contribution in [-0.4, -0.2) is 37.4 Å². The van der Waals surface area contributed by atoms with Crippen molar-refractivity contribution in [2.24, 2.45) is 0 Å². The van der Waals surface area contributed by atoms with Crippen molar-refractivity contribution in [3.05, 3.63) is 30.1 Å². The van der Waals surface area contributed by atoms with E-state index in [1.165, 1.54) is 0 Å². The Balaban J connectivity index is 0.000000286. The molecule has 9 nitrogen and oxygen atoms in total. The van der Waals surface area contributed by atoms with Crippen molar-refractivity contribution in [1.29, 1.82) is 0 Å². The maximum absolute atomic E-state index is 9.10. The fourth-order valence-corrected chi connectivity index (χ4v) is 1.14. The van der Waals surface area contributed by atoms with Gasteiger partial charge >= 0.3 is 11.9 Å². The number of nitrogens with zero attached hydrogens (tertiary/aromatic N) is 2. The van der Waals surface area contributed by atoms with Crippen molar-refractivity contribution in [2.75, 3.05) is 5.73 Å². The van der Waals surface area contributed by atoms with Crippen molar-refractivity contribution in [3.63, 3.8) is 0 Å². The number of nitrogens with two attached hydrogens (primary N) is 1. The molecule has 0 spiro atoms. The van der Waals surface area contributed by atoms with E-state index in [9.17, 15) is 0 Å². The predicted octanol–water partition coefficient (Wildman–Crippen LogP) is -0.0333. The normalized spacial score (nSPS) is 9.45. The van der Waals surface area contributed by atoms with Gasteiger partial charge in [-0.05, 0) is 12.1 Å². The summed E-state index contributed by atoms with van der Waals surface area (Å²) in [6.07, 6.45) is 1.60. The SMILES string of the molecule is Nc1ncccc1-c1cc(CO)no1.O=C(O)C(=O)O. The molecule has 0 saturated heterocycles. The molecule has 20 heavy (non-hydrogen) atoms. The Morgan fingerprint density at radius 1 is 1.30 bits per heavy atom. The highest BCUT2D eigenvalue weighted by molar-refractivity contribution is 6.27. The molecule has 2 rings (SSSR count). The number of carbonyl (C=O) groups is 2. The minimum absolute atomic E-state index is 0.149. The van der Waals surface area contributed by atoms with E-state index >= 15 is 0 Å². The fourth-order valence-electron chi connectivity index (χ4n) is 1.14. The van der Waals surface area contributed by atoms with Crippen LogP contribution in [0, 0.1) is 0 Å². The first-order valence-corrected chi connectivity index (χ1v) is 5.19. The number of anilines is 1. The smallest absolute Gasteiger partial charge is 0.414 e. The molecule has 9 heteroatoms. The van der Waals surface area contributed by atoms with Gasteiger partial charge in [0, 0.05) is 12.3 Å². The summed E-state index contributed by atoms with van der Waals surface area (Å²) < 4.78 is 4.99. The van der Waals surface area contributed by atoms with Gasteiger partial charge in [-0.2, -0.15) is 0 Å². The lowest BCUT2D eigenvalue weighted by atomic mass is 10.2. The maximum atomic E-state index is 9.10. The Morgan fingerprint density at radius 2 is 1.95 bits per heavy atom. The number of hydrogen-bond donors (Lipinski definition) is 4. The number of pyridine rings is 1. The topological polar surface area (TPSA) is 160 Å². The van der Waals surface area contributed by atoms with Crippen LogP contribution < -0.4 is 5.73 Å². The minimum Gasteiger partial charge on any atom is -0.473 e. The molecule has 0 radical (unpaired) electrons. The molecule has 0 unspecified atom stereocenters. The molecule has 0 aliphatic carbocycles. The lowest BCUT2D eigenvalue weighted by Crippen LogP contribution is -2.09. The zero-order valence-corrected chi connectivity index (χ0v) is 10.1. The number of carboxylic acid groups (broad SMARTS) is 2. The average molecular weight is 281 g/mol. The summed E-state index contributed by atoms with van der Waals surface area (Å²) in [5.74, 6) is -2.75. The number of aromatic nitrogens is 2. The second-order valence-electron chi connectivity index (χ2n) is 3.39. The summed E-state index contributed by atoms with van der Waals surface area (Å²) in [5, 5.41) is 27.2. The number of rotatable bonds is 2. The van der Waals surface area contributed by atoms with Crippen LogP contribution in [0.15, 0.2) is 28.9 Å². The second kappa shape index (κ2) is 6.85. The van der Waals surface area contributed by atoms with Gasteiger partial charge in [0.1, 0.15) is 11.5 Å². The van der Waals surface area contributed by atoms with Gasteiger partial charge in [0.15, 0.2) is 5.76 Å². The second-order valence-corrected chi connectivity index (χ2v) is 3.39. The van der Waals surface area contributed by atoms with Crippen LogP contribution in [-0.2, 0) is 16.2 Å². The first kappa shape index (κ1) is 15.1. The quantitative estimate of drug-likeness (QED) is 0.554. The van der Waals surface area contributed by atoms with Gasteiger partial charge in [0.25, 0.3) is 0 Å². The molecule has 2 heterocycles. The lowest BCUT2D eigenvalue weighted by Gasteiger charge is -1.97. The first-order valence-electron chi connectivity index (χ1n) is 5.19. The molecular weight excluding hydrogens is 270 g/mol. The molecule has 2 aromatic rings. The molecule has 0 amide bonds. The summed E-state index contributed by atoms with van der Waals surface area (Å²) in [6, 6.07) is 5.17. The number of hydrogen-bond acceptors (Lipinski definition) is 7. The summed E-state index contributed by atoms with van der Waals surface area (Å²) in [6.45, 7) is -0.149. The zero-order chi connectivity index (χ0) is 15.1. The van der Waals surface area contributed by atoms with E-state index < -0.39 is 11.9 Å². The third-order valence-electron chi connectivity index (χ3n) is 2.01. The number of aliphatic carboxylic acids is 2. The van der Waals surface area contributed by atoms with Gasteiger partial charge < -0.3 is 25.6 Å². The van der Waals surface area contributed by atoms with Crippen LogP contribution in [0.25, 0.3) is 11.3 Å². The Labute approximate surface area is 112 Å². The molecule has 0 saturated carbocycles. The Morgan fingerprint density at radius 3 is 2.40 bits per heavy atom. The van der Waals surface area contributed by atoms with Crippen LogP contribution in [0.4, 0.5) is 5.82 Å². The van der Waals surface area contributed by atoms with E-state index in [0.717, 1.165) is 0 Å². The van der Waals surface area contributed by atoms with Crippen molar-refractivity contribution in [2.45, 2.75) is 6.61 Å². The van der Waals surface area contributed by atoms with Crippen LogP contribution in [0.5, 0.6) is 0 Å². The summed E-state index contributed by atoms with van der Waals surface area (Å²) in [5.41, 5.74) is 6.80. The summed E-state index contributed by atoms with van der Waals surface area (Å²) in [7, 11) is 0. The number of nitrogen functional groups attached to an aromatic ring is 1. The monoisotopic (exact) mass is 281 g/mol. The van der Waals surface area contributed by atoms with Crippen LogP contribution in [0.1, 0.15) is 5.69 Å². The maximum Gasteiger partial charge on any atom is 0.414 e. The van der Waals surface area contributed by atoms with Gasteiger partial charge in [-0.3, -0.25) is 0 Å². The number of carboxylic acids is 2. The van der Waals surface area contributed by atoms with Crippen molar-refractivity contribution >= 4 is 17.8 Å². The Kier molecular flexibility index (Phi) is 5.18. The van der Waals surface area contributed by atoms with Gasteiger partial charge in [-0.1, -0.05) is 5.16 Å². The third kappa shape index (κ3) is 4.07. The molecular formula is C11H11N3O6. The van der Waals surface area contributed by atoms with Crippen molar-refractivity contribution < 1.29 is 29.4 Å². The average Bonchev–Trinajstić information content (AvgIpc) is 2.88. The van der Waals surface area contributed by atoms with E-state index in [-0.39, 0.29) is 6.61 Å². The van der Waals surface area contributed by atoms with Gasteiger partial charge in [-0.15, -0.1) is 0 Å². The van der Waals surface area contributed by atoms with Gasteiger partial charge in [0.2, 0.25) is 0 Å². The molecule has 5 N–H and O–H groups in total. The first-order chi connectivity index (χ1) is 9.45. The van der Waals surface area contributed by atoms with E-state index in [1.54, 1.807) is 24.4 Å². The number of aliphatic hydroxyl groups excluding tert-OH is 1. The van der Waals surface area contributed by atoms with Crippen LogP contribution in [0.3, 0.4) is 0 Å².